The Bertz CT molecular complexity index is 569. The molecule has 2 aromatic heterocycles. The van der Waals surface area contributed by atoms with Crippen molar-refractivity contribution >= 4 is 0 Å². The second-order valence-corrected chi connectivity index (χ2v) is 3.57. The second kappa shape index (κ2) is 4.72. The van der Waals surface area contributed by atoms with Crippen molar-refractivity contribution in [3.8, 4) is 11.9 Å². The van der Waals surface area contributed by atoms with Gasteiger partial charge < -0.3 is 5.11 Å². The fourth-order valence-corrected chi connectivity index (χ4v) is 1.40. The maximum Gasteiger partial charge on any atom is 0.174 e. The van der Waals surface area contributed by atoms with Gasteiger partial charge in [0.15, 0.2) is 5.82 Å². The van der Waals surface area contributed by atoms with Gasteiger partial charge in [-0.05, 0) is 18.6 Å². The van der Waals surface area contributed by atoms with Crippen molar-refractivity contribution in [1.29, 1.82) is 5.26 Å². The molecule has 6 nitrogen and oxygen atoms in total. The van der Waals surface area contributed by atoms with Crippen molar-refractivity contribution in [2.75, 3.05) is 6.61 Å². The third-order valence-corrected chi connectivity index (χ3v) is 2.33. The van der Waals surface area contributed by atoms with Crippen LogP contribution in [0.3, 0.4) is 0 Å². The largest absolute Gasteiger partial charge is 0.396 e. The first kappa shape index (κ1) is 11.2. The number of nitrogens with zero attached hydrogens (tertiary/aromatic N) is 5. The molecule has 0 aliphatic rings. The summed E-state index contributed by atoms with van der Waals surface area (Å²) in [6.07, 6.45) is 3.56. The van der Waals surface area contributed by atoms with Crippen molar-refractivity contribution in [1.82, 2.24) is 20.0 Å². The predicted molar refractivity (Wildman–Crippen MR) is 59.4 cm³/mol. The molecule has 0 unspecified atom stereocenters. The van der Waals surface area contributed by atoms with Gasteiger partial charge in [-0.25, -0.2) is 4.98 Å². The van der Waals surface area contributed by atoms with Gasteiger partial charge in [0.25, 0.3) is 0 Å². The molecular formula is C11H11N5O. The summed E-state index contributed by atoms with van der Waals surface area (Å²) in [5.41, 5.74) is 2.08. The number of rotatable bonds is 3. The minimum absolute atomic E-state index is 0.0402. The molecule has 0 saturated heterocycles. The Morgan fingerprint density at radius 1 is 1.47 bits per heavy atom. The summed E-state index contributed by atoms with van der Waals surface area (Å²) < 4.78 is 0. The van der Waals surface area contributed by atoms with Crippen LogP contribution in [0.1, 0.15) is 16.8 Å². The molecule has 2 aromatic rings. The molecular weight excluding hydrogens is 218 g/mol. The van der Waals surface area contributed by atoms with Crippen LogP contribution >= 0.6 is 0 Å². The first-order valence-electron chi connectivity index (χ1n) is 5.14. The fraction of sp³-hybridized carbons (Fsp3) is 0.273. The first-order chi connectivity index (χ1) is 8.24. The zero-order valence-corrected chi connectivity index (χ0v) is 9.33. The van der Waals surface area contributed by atoms with Crippen LogP contribution in [-0.4, -0.2) is 31.7 Å². The molecule has 0 aromatic carbocycles. The normalized spacial score (nSPS) is 10.2. The van der Waals surface area contributed by atoms with Gasteiger partial charge in [-0.3, -0.25) is 0 Å². The molecule has 17 heavy (non-hydrogen) atoms. The van der Waals surface area contributed by atoms with Crippen LogP contribution < -0.4 is 0 Å². The summed E-state index contributed by atoms with van der Waals surface area (Å²) in [6, 6.07) is 3.81. The average Bonchev–Trinajstić information content (AvgIpc) is 2.78. The number of pyridine rings is 1. The quantitative estimate of drug-likeness (QED) is 0.821. The molecule has 0 aliphatic heterocycles. The van der Waals surface area contributed by atoms with Gasteiger partial charge in [0.1, 0.15) is 6.07 Å². The van der Waals surface area contributed by atoms with Gasteiger partial charge in [-0.15, -0.1) is 4.80 Å². The molecule has 86 valence electrons. The minimum Gasteiger partial charge on any atom is -0.396 e. The number of nitriles is 1. The van der Waals surface area contributed by atoms with Gasteiger partial charge in [0, 0.05) is 19.2 Å². The number of hydrogen-bond acceptors (Lipinski definition) is 5. The van der Waals surface area contributed by atoms with Crippen LogP contribution in [0.5, 0.6) is 0 Å². The topological polar surface area (TPSA) is 87.6 Å². The molecule has 0 fully saturated rings. The van der Waals surface area contributed by atoms with E-state index in [1.54, 1.807) is 12.3 Å². The number of aryl methyl sites for hydroxylation is 1. The molecule has 0 amide bonds. The zero-order valence-electron chi connectivity index (χ0n) is 9.33. The molecule has 6 heteroatoms. The summed E-state index contributed by atoms with van der Waals surface area (Å²) in [5, 5.41) is 25.8. The van der Waals surface area contributed by atoms with Gasteiger partial charge >= 0.3 is 0 Å². The highest BCUT2D eigenvalue weighted by Crippen LogP contribution is 2.09. The lowest BCUT2D eigenvalue weighted by Crippen LogP contribution is -2.03. The molecule has 1 N–H and O–H groups in total. The van der Waals surface area contributed by atoms with Crippen molar-refractivity contribution < 1.29 is 5.11 Å². The van der Waals surface area contributed by atoms with E-state index in [0.29, 0.717) is 23.5 Å². The molecule has 0 spiro atoms. The smallest absolute Gasteiger partial charge is 0.174 e. The van der Waals surface area contributed by atoms with Crippen molar-refractivity contribution in [2.24, 2.45) is 0 Å². The Labute approximate surface area is 98.2 Å². The molecule has 0 radical (unpaired) electrons. The van der Waals surface area contributed by atoms with E-state index in [9.17, 15) is 0 Å². The number of aromatic nitrogens is 4. The maximum atomic E-state index is 8.80. The zero-order chi connectivity index (χ0) is 12.3. The van der Waals surface area contributed by atoms with Crippen molar-refractivity contribution in [3.63, 3.8) is 0 Å². The summed E-state index contributed by atoms with van der Waals surface area (Å²) in [6.45, 7) is 1.88. The summed E-state index contributed by atoms with van der Waals surface area (Å²) in [5.74, 6) is 0.561. The molecule has 2 rings (SSSR count). The van der Waals surface area contributed by atoms with Crippen molar-refractivity contribution in [2.45, 2.75) is 13.3 Å². The number of aliphatic hydroxyl groups excluding tert-OH is 1. The van der Waals surface area contributed by atoms with E-state index in [-0.39, 0.29) is 6.61 Å². The highest BCUT2D eigenvalue weighted by Gasteiger charge is 2.06. The Hall–Kier alpha value is -2.26. The molecule has 0 atom stereocenters. The maximum absolute atomic E-state index is 8.80. The number of hydrogen-bond donors (Lipinski definition) is 1. The van der Waals surface area contributed by atoms with Crippen LogP contribution in [0.2, 0.25) is 0 Å². The standard InChI is InChI=1S/C11H11N5O/c1-8-4-11(13-6-9(8)5-12)16-14-7-10(15-16)2-3-17/h4,6-7,17H,2-3H2,1H3. The van der Waals surface area contributed by atoms with Crippen LogP contribution in [0.4, 0.5) is 0 Å². The summed E-state index contributed by atoms with van der Waals surface area (Å²) >= 11 is 0. The molecule has 2 heterocycles. The third kappa shape index (κ3) is 2.29. The van der Waals surface area contributed by atoms with Crippen molar-refractivity contribution in [3.05, 3.63) is 35.3 Å². The summed E-state index contributed by atoms with van der Waals surface area (Å²) in [7, 11) is 0. The lowest BCUT2D eigenvalue weighted by molar-refractivity contribution is 0.298. The Morgan fingerprint density at radius 2 is 2.29 bits per heavy atom. The molecule has 0 bridgehead atoms. The highest BCUT2D eigenvalue weighted by atomic mass is 16.3. The lowest BCUT2D eigenvalue weighted by Gasteiger charge is -2.01. The van der Waals surface area contributed by atoms with E-state index in [2.05, 4.69) is 21.3 Å². The lowest BCUT2D eigenvalue weighted by atomic mass is 10.2. The highest BCUT2D eigenvalue weighted by molar-refractivity contribution is 5.38. The Kier molecular flexibility index (Phi) is 3.12. The van der Waals surface area contributed by atoms with Crippen LogP contribution in [0.25, 0.3) is 5.82 Å². The first-order valence-corrected chi connectivity index (χ1v) is 5.14. The molecule has 0 aliphatic carbocycles. The van der Waals surface area contributed by atoms with Crippen LogP contribution in [0, 0.1) is 18.3 Å². The van der Waals surface area contributed by atoms with E-state index in [4.69, 9.17) is 10.4 Å². The predicted octanol–water partition coefficient (Wildman–Crippen LogP) is 0.377. The van der Waals surface area contributed by atoms with E-state index in [0.717, 1.165) is 5.56 Å². The van der Waals surface area contributed by atoms with E-state index < -0.39 is 0 Å². The van der Waals surface area contributed by atoms with Gasteiger partial charge in [-0.1, -0.05) is 0 Å². The Morgan fingerprint density at radius 3 is 2.94 bits per heavy atom. The third-order valence-electron chi connectivity index (χ3n) is 2.33. The SMILES string of the molecule is Cc1cc(-n2ncc(CCO)n2)ncc1C#N. The van der Waals surface area contributed by atoms with E-state index >= 15 is 0 Å². The fourth-order valence-electron chi connectivity index (χ4n) is 1.40. The Balaban J connectivity index is 2.33. The van der Waals surface area contributed by atoms with Crippen LogP contribution in [0.15, 0.2) is 18.5 Å². The number of aliphatic hydroxyl groups is 1. The average molecular weight is 229 g/mol. The van der Waals surface area contributed by atoms with E-state index in [1.165, 1.54) is 11.0 Å². The summed E-state index contributed by atoms with van der Waals surface area (Å²) in [4.78, 5) is 5.50. The minimum atomic E-state index is 0.0402. The van der Waals surface area contributed by atoms with Gasteiger partial charge in [0.05, 0.1) is 17.5 Å². The molecule has 0 saturated carbocycles. The van der Waals surface area contributed by atoms with Crippen LogP contribution in [-0.2, 0) is 6.42 Å². The second-order valence-electron chi connectivity index (χ2n) is 3.57. The van der Waals surface area contributed by atoms with Gasteiger partial charge in [0.2, 0.25) is 0 Å². The van der Waals surface area contributed by atoms with Gasteiger partial charge in [-0.2, -0.15) is 15.5 Å². The monoisotopic (exact) mass is 229 g/mol. The van der Waals surface area contributed by atoms with E-state index in [1.807, 2.05) is 6.92 Å².